The van der Waals surface area contributed by atoms with Crippen LogP contribution in [0.4, 0.5) is 18.9 Å². The molecule has 1 amide bonds. The van der Waals surface area contributed by atoms with Crippen LogP contribution in [0.5, 0.6) is 0 Å². The van der Waals surface area contributed by atoms with E-state index in [0.29, 0.717) is 5.69 Å². The molecule has 0 aliphatic rings. The summed E-state index contributed by atoms with van der Waals surface area (Å²) in [5.74, 6) is -0.312. The first-order valence-corrected chi connectivity index (χ1v) is 7.11. The standard InChI is InChI=1S/C17H17F3N2O/c1-12(13-5-3-2-4-6-13)21-11-16(23)22-15-9-7-14(8-10-15)17(18,19)20/h2-10,12,21H,11H2,1H3,(H,22,23)/t12-/m1/s1. The molecule has 0 aromatic heterocycles. The van der Waals surface area contributed by atoms with Gasteiger partial charge in [0, 0.05) is 11.7 Å². The van der Waals surface area contributed by atoms with Crippen LogP contribution >= 0.6 is 0 Å². The summed E-state index contributed by atoms with van der Waals surface area (Å²) in [6.07, 6.45) is -4.38. The van der Waals surface area contributed by atoms with E-state index in [1.54, 1.807) is 0 Å². The molecular weight excluding hydrogens is 305 g/mol. The molecule has 1 atom stereocenters. The fraction of sp³-hybridized carbons (Fsp3) is 0.235. The van der Waals surface area contributed by atoms with Crippen LogP contribution in [0.2, 0.25) is 0 Å². The molecule has 122 valence electrons. The molecule has 0 fully saturated rings. The molecule has 0 radical (unpaired) electrons. The Morgan fingerprint density at radius 2 is 1.65 bits per heavy atom. The third-order valence-corrected chi connectivity index (χ3v) is 3.36. The van der Waals surface area contributed by atoms with Crippen LogP contribution in [0, 0.1) is 0 Å². The molecule has 0 unspecified atom stereocenters. The Labute approximate surface area is 132 Å². The minimum Gasteiger partial charge on any atom is -0.325 e. The van der Waals surface area contributed by atoms with Crippen molar-refractivity contribution in [3.05, 3.63) is 65.7 Å². The number of amides is 1. The molecule has 0 aliphatic carbocycles. The van der Waals surface area contributed by atoms with Gasteiger partial charge in [0.2, 0.25) is 5.91 Å². The van der Waals surface area contributed by atoms with Crippen LogP contribution in [0.15, 0.2) is 54.6 Å². The second kappa shape index (κ2) is 7.28. The lowest BCUT2D eigenvalue weighted by molar-refractivity contribution is -0.137. The summed E-state index contributed by atoms with van der Waals surface area (Å²) < 4.78 is 37.4. The molecule has 0 heterocycles. The Morgan fingerprint density at radius 1 is 1.04 bits per heavy atom. The monoisotopic (exact) mass is 322 g/mol. The molecule has 0 aliphatic heterocycles. The van der Waals surface area contributed by atoms with Crippen molar-refractivity contribution in [2.45, 2.75) is 19.1 Å². The summed E-state index contributed by atoms with van der Waals surface area (Å²) in [5.41, 5.74) is 0.637. The maximum Gasteiger partial charge on any atom is 0.416 e. The van der Waals surface area contributed by atoms with Crippen molar-refractivity contribution in [2.75, 3.05) is 11.9 Å². The Bertz CT molecular complexity index is 639. The van der Waals surface area contributed by atoms with Crippen molar-refractivity contribution in [1.29, 1.82) is 0 Å². The average Bonchev–Trinajstić information content (AvgIpc) is 2.53. The number of carbonyl (C=O) groups excluding carboxylic acids is 1. The van der Waals surface area contributed by atoms with Gasteiger partial charge in [0.05, 0.1) is 12.1 Å². The van der Waals surface area contributed by atoms with E-state index in [9.17, 15) is 18.0 Å². The lowest BCUT2D eigenvalue weighted by Gasteiger charge is -2.14. The van der Waals surface area contributed by atoms with Gasteiger partial charge in [-0.1, -0.05) is 30.3 Å². The highest BCUT2D eigenvalue weighted by atomic mass is 19.4. The number of nitrogens with one attached hydrogen (secondary N) is 2. The van der Waals surface area contributed by atoms with E-state index in [0.717, 1.165) is 17.7 Å². The van der Waals surface area contributed by atoms with Gasteiger partial charge in [-0.25, -0.2) is 0 Å². The highest BCUT2D eigenvalue weighted by Gasteiger charge is 2.29. The zero-order valence-corrected chi connectivity index (χ0v) is 12.5. The number of hydrogen-bond donors (Lipinski definition) is 2. The van der Waals surface area contributed by atoms with Crippen LogP contribution in [0.3, 0.4) is 0 Å². The normalized spacial score (nSPS) is 12.7. The fourth-order valence-corrected chi connectivity index (χ4v) is 2.05. The van der Waals surface area contributed by atoms with Crippen molar-refractivity contribution in [2.24, 2.45) is 0 Å². The SMILES string of the molecule is C[C@@H](NCC(=O)Nc1ccc(C(F)(F)F)cc1)c1ccccc1. The number of benzene rings is 2. The third-order valence-electron chi connectivity index (χ3n) is 3.36. The van der Waals surface area contributed by atoms with Crippen LogP contribution in [0.1, 0.15) is 24.1 Å². The van der Waals surface area contributed by atoms with Crippen molar-refractivity contribution in [3.63, 3.8) is 0 Å². The zero-order valence-electron chi connectivity index (χ0n) is 12.5. The first-order valence-electron chi connectivity index (χ1n) is 7.11. The van der Waals surface area contributed by atoms with Gasteiger partial charge in [0.15, 0.2) is 0 Å². The maximum absolute atomic E-state index is 12.5. The number of hydrogen-bond acceptors (Lipinski definition) is 2. The predicted molar refractivity (Wildman–Crippen MR) is 82.9 cm³/mol. The number of anilines is 1. The number of halogens is 3. The molecule has 2 rings (SSSR count). The molecular formula is C17H17F3N2O. The van der Waals surface area contributed by atoms with E-state index >= 15 is 0 Å². The van der Waals surface area contributed by atoms with Gasteiger partial charge in [-0.15, -0.1) is 0 Å². The van der Waals surface area contributed by atoms with Crippen molar-refractivity contribution in [1.82, 2.24) is 5.32 Å². The molecule has 23 heavy (non-hydrogen) atoms. The van der Waals surface area contributed by atoms with E-state index < -0.39 is 11.7 Å². The molecule has 0 saturated heterocycles. The summed E-state index contributed by atoms with van der Waals surface area (Å²) in [4.78, 5) is 11.8. The van der Waals surface area contributed by atoms with Gasteiger partial charge >= 0.3 is 6.18 Å². The van der Waals surface area contributed by atoms with Crippen molar-refractivity contribution < 1.29 is 18.0 Å². The molecule has 2 aromatic carbocycles. The average molecular weight is 322 g/mol. The molecule has 2 N–H and O–H groups in total. The van der Waals surface area contributed by atoms with Crippen LogP contribution in [-0.2, 0) is 11.0 Å². The lowest BCUT2D eigenvalue weighted by atomic mass is 10.1. The van der Waals surface area contributed by atoms with Crippen LogP contribution in [0.25, 0.3) is 0 Å². The topological polar surface area (TPSA) is 41.1 Å². The summed E-state index contributed by atoms with van der Waals surface area (Å²) in [6.45, 7) is 2.00. The van der Waals surface area contributed by atoms with Crippen LogP contribution in [-0.4, -0.2) is 12.5 Å². The van der Waals surface area contributed by atoms with Crippen LogP contribution < -0.4 is 10.6 Å². The van der Waals surface area contributed by atoms with Gasteiger partial charge in [0.1, 0.15) is 0 Å². The second-order valence-corrected chi connectivity index (χ2v) is 5.14. The molecule has 0 spiro atoms. The quantitative estimate of drug-likeness (QED) is 0.874. The summed E-state index contributed by atoms with van der Waals surface area (Å²) in [5, 5.41) is 5.62. The molecule has 0 bridgehead atoms. The highest BCUT2D eigenvalue weighted by molar-refractivity contribution is 5.92. The Hall–Kier alpha value is -2.34. The molecule has 3 nitrogen and oxygen atoms in total. The van der Waals surface area contributed by atoms with Crippen molar-refractivity contribution in [3.8, 4) is 0 Å². The third kappa shape index (κ3) is 5.10. The van der Waals surface area contributed by atoms with E-state index in [4.69, 9.17) is 0 Å². The van der Waals surface area contributed by atoms with Gasteiger partial charge in [-0.3, -0.25) is 4.79 Å². The Morgan fingerprint density at radius 3 is 2.22 bits per heavy atom. The molecule has 2 aromatic rings. The molecule has 0 saturated carbocycles. The van der Waals surface area contributed by atoms with Gasteiger partial charge in [-0.05, 0) is 36.8 Å². The first-order chi connectivity index (χ1) is 10.9. The first kappa shape index (κ1) is 17.0. The summed E-state index contributed by atoms with van der Waals surface area (Å²) >= 11 is 0. The number of carbonyl (C=O) groups is 1. The predicted octanol–water partition coefficient (Wildman–Crippen LogP) is 3.99. The minimum atomic E-state index is -4.38. The molecule has 6 heteroatoms. The zero-order chi connectivity index (χ0) is 16.9. The van der Waals surface area contributed by atoms with Crippen molar-refractivity contribution >= 4 is 11.6 Å². The smallest absolute Gasteiger partial charge is 0.325 e. The second-order valence-electron chi connectivity index (χ2n) is 5.14. The van der Waals surface area contributed by atoms with Gasteiger partial charge in [0.25, 0.3) is 0 Å². The van der Waals surface area contributed by atoms with Gasteiger partial charge in [-0.2, -0.15) is 13.2 Å². The van der Waals surface area contributed by atoms with E-state index in [1.807, 2.05) is 37.3 Å². The number of alkyl halides is 3. The minimum absolute atomic E-state index is 0.00504. The van der Waals surface area contributed by atoms with E-state index in [-0.39, 0.29) is 18.5 Å². The maximum atomic E-state index is 12.5. The highest BCUT2D eigenvalue weighted by Crippen LogP contribution is 2.29. The summed E-state index contributed by atoms with van der Waals surface area (Å²) in [7, 11) is 0. The fourth-order valence-electron chi connectivity index (χ4n) is 2.05. The largest absolute Gasteiger partial charge is 0.416 e. The van der Waals surface area contributed by atoms with E-state index in [1.165, 1.54) is 12.1 Å². The summed E-state index contributed by atoms with van der Waals surface area (Å²) in [6, 6.07) is 14.0. The number of rotatable bonds is 5. The lowest BCUT2D eigenvalue weighted by Crippen LogP contribution is -2.30. The van der Waals surface area contributed by atoms with Gasteiger partial charge < -0.3 is 10.6 Å². The Kier molecular flexibility index (Phi) is 5.39. The van der Waals surface area contributed by atoms with E-state index in [2.05, 4.69) is 10.6 Å². The Balaban J connectivity index is 1.85.